The van der Waals surface area contributed by atoms with Crippen molar-refractivity contribution >= 4 is 19.8 Å². The molecule has 0 aromatic rings. The third kappa shape index (κ3) is 29.4. The van der Waals surface area contributed by atoms with Crippen LogP contribution in [0.2, 0.25) is 0 Å². The average Bonchev–Trinajstić information content (AvgIpc) is 2.38. The second-order valence-electron chi connectivity index (χ2n) is 5.05. The van der Waals surface area contributed by atoms with E-state index in [9.17, 15) is 9.59 Å². The Kier molecular flexibility index (Phi) is 15.0. The van der Waals surface area contributed by atoms with Gasteiger partial charge in [-0.15, -0.1) is 0 Å². The fraction of sp³-hybridized carbons (Fsp3) is 0.714. The molecule has 4 N–H and O–H groups in total. The number of aliphatic carboxylic acids is 1. The van der Waals surface area contributed by atoms with Crippen molar-refractivity contribution in [2.75, 3.05) is 6.61 Å². The molecular formula is C14H27O8P. The second-order valence-corrected chi connectivity index (χ2v) is 6.07. The minimum atomic E-state index is -4.64. The highest BCUT2D eigenvalue weighted by molar-refractivity contribution is 7.45. The van der Waals surface area contributed by atoms with Gasteiger partial charge >= 0.3 is 19.8 Å². The van der Waals surface area contributed by atoms with Gasteiger partial charge in [-0.2, -0.15) is 0 Å². The van der Waals surface area contributed by atoms with E-state index in [1.807, 2.05) is 0 Å². The van der Waals surface area contributed by atoms with Gasteiger partial charge in [0.1, 0.15) is 0 Å². The summed E-state index contributed by atoms with van der Waals surface area (Å²) in [6, 6.07) is 0. The van der Waals surface area contributed by atoms with E-state index in [-0.39, 0.29) is 12.4 Å². The predicted molar refractivity (Wildman–Crippen MR) is 84.6 cm³/mol. The van der Waals surface area contributed by atoms with Crippen LogP contribution in [0.5, 0.6) is 0 Å². The Bertz CT molecular complexity index is 393. The Morgan fingerprint density at radius 2 is 1.35 bits per heavy atom. The van der Waals surface area contributed by atoms with Crippen molar-refractivity contribution in [1.29, 1.82) is 0 Å². The second kappa shape index (κ2) is 14.4. The zero-order valence-electron chi connectivity index (χ0n) is 13.4. The van der Waals surface area contributed by atoms with Crippen LogP contribution in [0.1, 0.15) is 58.3 Å². The number of esters is 1. The molecule has 0 aliphatic rings. The summed E-state index contributed by atoms with van der Waals surface area (Å²) >= 11 is 0. The monoisotopic (exact) mass is 354 g/mol. The predicted octanol–water partition coefficient (Wildman–Crippen LogP) is 2.38. The molecular weight excluding hydrogens is 327 g/mol. The van der Waals surface area contributed by atoms with E-state index in [0.29, 0.717) is 12.2 Å². The van der Waals surface area contributed by atoms with Gasteiger partial charge in [-0.05, 0) is 19.8 Å². The molecule has 0 atom stereocenters. The Morgan fingerprint density at radius 3 is 1.74 bits per heavy atom. The van der Waals surface area contributed by atoms with Gasteiger partial charge in [0.15, 0.2) is 0 Å². The van der Waals surface area contributed by atoms with Crippen LogP contribution in [0.15, 0.2) is 12.2 Å². The minimum Gasteiger partial charge on any atom is -0.481 e. The third-order valence-electron chi connectivity index (χ3n) is 2.62. The van der Waals surface area contributed by atoms with Gasteiger partial charge in [0.25, 0.3) is 0 Å². The lowest BCUT2D eigenvalue weighted by atomic mass is 10.1. The molecule has 0 aromatic heterocycles. The van der Waals surface area contributed by atoms with Crippen LogP contribution in [-0.4, -0.2) is 38.3 Å². The molecule has 0 unspecified atom stereocenters. The van der Waals surface area contributed by atoms with Crippen molar-refractivity contribution in [1.82, 2.24) is 0 Å². The molecule has 0 rings (SSSR count). The molecule has 0 fully saturated rings. The molecule has 23 heavy (non-hydrogen) atoms. The van der Waals surface area contributed by atoms with E-state index in [1.54, 1.807) is 6.92 Å². The van der Waals surface area contributed by atoms with Gasteiger partial charge in [0.05, 0.1) is 6.61 Å². The first-order chi connectivity index (χ1) is 10.5. The Hall–Kier alpha value is -1.21. The number of rotatable bonds is 11. The lowest BCUT2D eigenvalue weighted by molar-refractivity contribution is -0.139. The molecule has 0 aliphatic carbocycles. The first-order valence-electron chi connectivity index (χ1n) is 7.36. The normalized spacial score (nSPS) is 10.4. The maximum atomic E-state index is 11.0. The molecule has 0 heterocycles. The summed E-state index contributed by atoms with van der Waals surface area (Å²) in [5.41, 5.74) is 0.438. The summed E-state index contributed by atoms with van der Waals surface area (Å²) in [5.74, 6) is -1.03. The summed E-state index contributed by atoms with van der Waals surface area (Å²) in [6.45, 7) is 5.61. The molecule has 8 nitrogen and oxygen atoms in total. The fourth-order valence-corrected chi connectivity index (χ4v) is 1.55. The quantitative estimate of drug-likeness (QED) is 0.192. The third-order valence-corrected chi connectivity index (χ3v) is 2.62. The van der Waals surface area contributed by atoms with E-state index >= 15 is 0 Å². The topological polar surface area (TPSA) is 141 Å². The summed E-state index contributed by atoms with van der Waals surface area (Å²) < 4.78 is 13.9. The highest BCUT2D eigenvalue weighted by Crippen LogP contribution is 2.25. The smallest absolute Gasteiger partial charge is 0.466 e. The number of ether oxygens (including phenoxy) is 1. The molecule has 9 heteroatoms. The number of hydrogen-bond donors (Lipinski definition) is 4. The van der Waals surface area contributed by atoms with Gasteiger partial charge in [-0.25, -0.2) is 9.36 Å². The summed E-state index contributed by atoms with van der Waals surface area (Å²) in [6.07, 6.45) is 7.26. The Morgan fingerprint density at radius 1 is 0.957 bits per heavy atom. The molecule has 0 amide bonds. The van der Waals surface area contributed by atoms with E-state index in [0.717, 1.165) is 44.9 Å². The number of unbranched alkanes of at least 4 members (excludes halogenated alkanes) is 6. The van der Waals surface area contributed by atoms with E-state index in [1.165, 1.54) is 0 Å². The van der Waals surface area contributed by atoms with Gasteiger partial charge in [-0.3, -0.25) is 4.79 Å². The summed E-state index contributed by atoms with van der Waals surface area (Å²) in [7, 11) is -4.64. The number of carbonyl (C=O) groups excluding carboxylic acids is 1. The molecule has 0 radical (unpaired) electrons. The van der Waals surface area contributed by atoms with Crippen molar-refractivity contribution in [2.24, 2.45) is 0 Å². The van der Waals surface area contributed by atoms with Gasteiger partial charge < -0.3 is 24.5 Å². The van der Waals surface area contributed by atoms with Gasteiger partial charge in [0, 0.05) is 12.0 Å². The first-order valence-corrected chi connectivity index (χ1v) is 8.93. The number of phosphoric acid groups is 1. The van der Waals surface area contributed by atoms with E-state index < -0.39 is 13.8 Å². The maximum absolute atomic E-state index is 11.0. The SMILES string of the molecule is C=C(C)C(=O)OCCCCCCCCCC(=O)O.O=P(O)(O)O. The fourth-order valence-electron chi connectivity index (χ4n) is 1.55. The van der Waals surface area contributed by atoms with Gasteiger partial charge in [-0.1, -0.05) is 38.7 Å². The van der Waals surface area contributed by atoms with Crippen LogP contribution in [0.25, 0.3) is 0 Å². The highest BCUT2D eigenvalue weighted by atomic mass is 31.2. The van der Waals surface area contributed by atoms with Crippen molar-refractivity contribution < 1.29 is 38.7 Å². The minimum absolute atomic E-state index is 0.275. The highest BCUT2D eigenvalue weighted by Gasteiger charge is 2.02. The van der Waals surface area contributed by atoms with Crippen molar-refractivity contribution in [3.63, 3.8) is 0 Å². The molecule has 0 aliphatic heterocycles. The first kappa shape index (κ1) is 24.0. The number of carbonyl (C=O) groups is 2. The lowest BCUT2D eigenvalue weighted by Gasteiger charge is -2.04. The molecule has 0 aromatic carbocycles. The summed E-state index contributed by atoms with van der Waals surface area (Å²) in [4.78, 5) is 42.9. The Labute approximate surface area is 136 Å². The van der Waals surface area contributed by atoms with Crippen LogP contribution < -0.4 is 0 Å². The number of hydrogen-bond acceptors (Lipinski definition) is 4. The zero-order chi connectivity index (χ0) is 18.3. The standard InChI is InChI=1S/C14H24O4.H3O4P/c1-12(2)14(17)18-11-9-7-5-3-4-6-8-10-13(15)16;1-5(2,3)4/h1,3-11H2,2H3,(H,15,16);(H3,1,2,3,4). The van der Waals surface area contributed by atoms with Crippen LogP contribution in [0.4, 0.5) is 0 Å². The van der Waals surface area contributed by atoms with Crippen molar-refractivity contribution in [3.05, 3.63) is 12.2 Å². The zero-order valence-corrected chi connectivity index (χ0v) is 14.3. The number of carboxylic acids is 1. The van der Waals surface area contributed by atoms with Crippen LogP contribution in [0.3, 0.4) is 0 Å². The van der Waals surface area contributed by atoms with Crippen LogP contribution >= 0.6 is 7.82 Å². The molecule has 0 bridgehead atoms. The number of carboxylic acid groups (broad SMARTS) is 1. The van der Waals surface area contributed by atoms with E-state index in [2.05, 4.69) is 6.58 Å². The largest absolute Gasteiger partial charge is 0.481 e. The van der Waals surface area contributed by atoms with Crippen molar-refractivity contribution in [2.45, 2.75) is 58.3 Å². The maximum Gasteiger partial charge on any atom is 0.466 e. The van der Waals surface area contributed by atoms with Crippen LogP contribution in [-0.2, 0) is 18.9 Å². The van der Waals surface area contributed by atoms with E-state index in [4.69, 9.17) is 29.1 Å². The lowest BCUT2D eigenvalue weighted by Crippen LogP contribution is -2.05. The molecule has 0 spiro atoms. The van der Waals surface area contributed by atoms with Crippen LogP contribution in [0, 0.1) is 0 Å². The van der Waals surface area contributed by atoms with Crippen molar-refractivity contribution in [3.8, 4) is 0 Å². The summed E-state index contributed by atoms with van der Waals surface area (Å²) in [5, 5.41) is 8.45. The molecule has 0 saturated heterocycles. The molecule has 0 saturated carbocycles. The average molecular weight is 354 g/mol. The Balaban J connectivity index is 0. The molecule has 136 valence electrons. The van der Waals surface area contributed by atoms with Gasteiger partial charge in [0.2, 0.25) is 0 Å².